The Kier molecular flexibility index (Phi) is 5.42. The van der Waals surface area contributed by atoms with Crippen molar-refractivity contribution in [3.05, 3.63) is 34.0 Å². The third-order valence-electron chi connectivity index (χ3n) is 1.55. The lowest BCUT2D eigenvalue weighted by atomic mass is 10.1. The molecule has 0 aliphatic heterocycles. The van der Waals surface area contributed by atoms with Crippen LogP contribution in [0.5, 0.6) is 0 Å². The minimum Gasteiger partial charge on any atom is -0.478 e. The van der Waals surface area contributed by atoms with Gasteiger partial charge in [0.2, 0.25) is 0 Å². The largest absolute Gasteiger partial charge is 0.478 e. The van der Waals surface area contributed by atoms with E-state index in [1.165, 1.54) is 5.34 Å². The topological polar surface area (TPSA) is 174 Å². The molecule has 1 aromatic rings. The Morgan fingerprint density at radius 3 is 1.83 bits per heavy atom. The van der Waals surface area contributed by atoms with Crippen molar-refractivity contribution in [1.29, 1.82) is 0 Å². The van der Waals surface area contributed by atoms with Gasteiger partial charge in [-0.3, -0.25) is 0 Å². The molecule has 0 aromatic carbocycles. The molecule has 0 spiro atoms. The van der Waals surface area contributed by atoms with E-state index in [0.717, 1.165) is 12.1 Å². The summed E-state index contributed by atoms with van der Waals surface area (Å²) in [7, 11) is 0. The third kappa shape index (κ3) is 3.84. The minimum atomic E-state index is -1.59. The van der Waals surface area contributed by atoms with Crippen molar-refractivity contribution in [3.8, 4) is 0 Å². The van der Waals surface area contributed by atoms with Crippen LogP contribution in [0.15, 0.2) is 17.5 Å². The molecule has 0 saturated heterocycles. The van der Waals surface area contributed by atoms with Crippen LogP contribution in [0.2, 0.25) is 0 Å². The van der Waals surface area contributed by atoms with Gasteiger partial charge in [-0.15, -0.1) is 4.91 Å². The summed E-state index contributed by atoms with van der Waals surface area (Å²) in [6.45, 7) is 0. The molecule has 18 heavy (non-hydrogen) atoms. The summed E-state index contributed by atoms with van der Waals surface area (Å²) in [4.78, 5) is 42.9. The van der Waals surface area contributed by atoms with Crippen molar-refractivity contribution in [3.63, 3.8) is 0 Å². The first-order valence-electron chi connectivity index (χ1n) is 4.02. The van der Waals surface area contributed by atoms with Crippen LogP contribution in [0.4, 0.5) is 0 Å². The molecule has 0 bridgehead atoms. The predicted molar refractivity (Wildman–Crippen MR) is 52.7 cm³/mol. The van der Waals surface area contributed by atoms with Crippen LogP contribution in [0.25, 0.3) is 0 Å². The smallest absolute Gasteiger partial charge is 0.355 e. The van der Waals surface area contributed by atoms with Gasteiger partial charge in [-0.2, -0.15) is 0 Å². The highest BCUT2D eigenvalue weighted by Crippen LogP contribution is 2.08. The SMILES string of the molecule is O=C(O)c1ccc(C(=O)O)c(C(=O)O)n1.O=NO. The molecule has 0 unspecified atom stereocenters. The van der Waals surface area contributed by atoms with Gasteiger partial charge < -0.3 is 20.5 Å². The summed E-state index contributed by atoms with van der Waals surface area (Å²) >= 11 is 0. The Balaban J connectivity index is 0.000000873. The highest BCUT2D eigenvalue weighted by Gasteiger charge is 2.19. The molecule has 1 heterocycles. The number of hydrogen-bond donors (Lipinski definition) is 4. The molecule has 10 heteroatoms. The lowest BCUT2D eigenvalue weighted by Crippen LogP contribution is -2.13. The number of carboxylic acids is 3. The van der Waals surface area contributed by atoms with Crippen molar-refractivity contribution in [2.24, 2.45) is 5.34 Å². The Bertz CT molecular complexity index is 498. The molecule has 0 saturated carbocycles. The van der Waals surface area contributed by atoms with Crippen LogP contribution in [-0.4, -0.2) is 43.4 Å². The average Bonchev–Trinajstić information content (AvgIpc) is 2.28. The highest BCUT2D eigenvalue weighted by atomic mass is 16.6. The van der Waals surface area contributed by atoms with Crippen LogP contribution in [0.1, 0.15) is 31.3 Å². The van der Waals surface area contributed by atoms with Gasteiger partial charge in [0.25, 0.3) is 0 Å². The van der Waals surface area contributed by atoms with Gasteiger partial charge in [-0.25, -0.2) is 19.4 Å². The summed E-state index contributed by atoms with van der Waals surface area (Å²) in [6.07, 6.45) is 0. The zero-order valence-electron chi connectivity index (χ0n) is 8.47. The van der Waals surface area contributed by atoms with Crippen LogP contribution in [0.3, 0.4) is 0 Å². The lowest BCUT2D eigenvalue weighted by molar-refractivity contribution is 0.0641. The van der Waals surface area contributed by atoms with Gasteiger partial charge in [-0.1, -0.05) is 0 Å². The summed E-state index contributed by atoms with van der Waals surface area (Å²) in [5, 5.41) is 33.6. The highest BCUT2D eigenvalue weighted by molar-refractivity contribution is 6.01. The number of nitrogens with zero attached hydrogens (tertiary/aromatic N) is 2. The summed E-state index contributed by atoms with van der Waals surface area (Å²) in [5.74, 6) is -4.48. The maximum Gasteiger partial charge on any atom is 0.355 e. The fourth-order valence-corrected chi connectivity index (χ4v) is 0.914. The van der Waals surface area contributed by atoms with Crippen molar-refractivity contribution in [1.82, 2.24) is 4.98 Å². The van der Waals surface area contributed by atoms with E-state index in [1.807, 2.05) is 0 Å². The van der Waals surface area contributed by atoms with E-state index < -0.39 is 34.9 Å². The van der Waals surface area contributed by atoms with E-state index >= 15 is 0 Å². The van der Waals surface area contributed by atoms with Crippen LogP contribution < -0.4 is 0 Å². The number of aromatic carboxylic acids is 3. The summed E-state index contributed by atoms with van der Waals surface area (Å²) in [6, 6.07) is 1.82. The lowest BCUT2D eigenvalue weighted by Gasteiger charge is -2.01. The van der Waals surface area contributed by atoms with Crippen LogP contribution in [-0.2, 0) is 0 Å². The van der Waals surface area contributed by atoms with E-state index in [0.29, 0.717) is 0 Å². The van der Waals surface area contributed by atoms with Gasteiger partial charge in [0.05, 0.1) is 5.56 Å². The molecule has 0 aliphatic carbocycles. The third-order valence-corrected chi connectivity index (χ3v) is 1.55. The van der Waals surface area contributed by atoms with E-state index in [4.69, 9.17) is 25.4 Å². The Morgan fingerprint density at radius 2 is 1.50 bits per heavy atom. The second kappa shape index (κ2) is 6.52. The maximum atomic E-state index is 10.6. The second-order valence-corrected chi connectivity index (χ2v) is 2.59. The standard InChI is InChI=1S/C8H5NO6.HNO2/c10-6(11)3-1-2-4(7(12)13)9-5(3)8(14)15;2-1-3/h1-2H,(H,10,11)(H,12,13)(H,14,15);(H,2,3). The first-order valence-corrected chi connectivity index (χ1v) is 4.02. The number of hydrogen-bond acceptors (Lipinski definition) is 6. The first kappa shape index (κ1) is 15.0. The van der Waals surface area contributed by atoms with Gasteiger partial charge in [0.1, 0.15) is 5.69 Å². The zero-order chi connectivity index (χ0) is 14.3. The first-order chi connectivity index (χ1) is 8.34. The van der Waals surface area contributed by atoms with Gasteiger partial charge in [0, 0.05) is 0 Å². The number of carbonyl (C=O) groups is 3. The molecule has 4 N–H and O–H groups in total. The normalized spacial score (nSPS) is 8.67. The van der Waals surface area contributed by atoms with Gasteiger partial charge >= 0.3 is 17.9 Å². The molecule has 10 nitrogen and oxygen atoms in total. The fraction of sp³-hybridized carbons (Fsp3) is 0. The van der Waals surface area contributed by atoms with Crippen molar-refractivity contribution in [2.75, 3.05) is 0 Å². The van der Waals surface area contributed by atoms with Crippen molar-refractivity contribution in [2.45, 2.75) is 0 Å². The maximum absolute atomic E-state index is 10.6. The molecule has 1 rings (SSSR count). The van der Waals surface area contributed by atoms with E-state index in [9.17, 15) is 14.4 Å². The predicted octanol–water partition coefficient (Wildman–Crippen LogP) is 0.318. The molecule has 1 aromatic heterocycles. The van der Waals surface area contributed by atoms with Crippen LogP contribution >= 0.6 is 0 Å². The summed E-state index contributed by atoms with van der Waals surface area (Å²) < 4.78 is 0. The second-order valence-electron chi connectivity index (χ2n) is 2.59. The Hall–Kier alpha value is -3.04. The number of pyridine rings is 1. The van der Waals surface area contributed by atoms with Crippen molar-refractivity contribution >= 4 is 17.9 Å². The Labute approximate surface area is 98.1 Å². The minimum absolute atomic E-state index is 0.516. The van der Waals surface area contributed by atoms with Crippen molar-refractivity contribution < 1.29 is 34.9 Å². The molecular formula is C8H6N2O8. The number of rotatable bonds is 3. The van der Waals surface area contributed by atoms with Gasteiger partial charge in [0.15, 0.2) is 11.0 Å². The molecule has 0 radical (unpaired) electrons. The van der Waals surface area contributed by atoms with E-state index in [-0.39, 0.29) is 0 Å². The summed E-state index contributed by atoms with van der Waals surface area (Å²) in [5.41, 5.74) is -1.85. The molecule has 0 fully saturated rings. The number of aromatic nitrogens is 1. The molecular weight excluding hydrogens is 252 g/mol. The molecule has 0 amide bonds. The van der Waals surface area contributed by atoms with Gasteiger partial charge in [-0.05, 0) is 12.1 Å². The monoisotopic (exact) mass is 258 g/mol. The Morgan fingerprint density at radius 1 is 1.00 bits per heavy atom. The zero-order valence-corrected chi connectivity index (χ0v) is 8.47. The fourth-order valence-electron chi connectivity index (χ4n) is 0.914. The number of carboxylic acid groups (broad SMARTS) is 3. The molecule has 0 aliphatic rings. The molecule has 0 atom stereocenters. The van der Waals surface area contributed by atoms with E-state index in [2.05, 4.69) is 4.98 Å². The molecule has 96 valence electrons. The van der Waals surface area contributed by atoms with Crippen LogP contribution in [0, 0.1) is 4.91 Å². The van der Waals surface area contributed by atoms with E-state index in [1.54, 1.807) is 0 Å². The quantitative estimate of drug-likeness (QED) is 0.439. The average molecular weight is 258 g/mol.